The van der Waals surface area contributed by atoms with Crippen molar-refractivity contribution in [3.8, 4) is 22.3 Å². The van der Waals surface area contributed by atoms with Gasteiger partial charge in [-0.2, -0.15) is 12.1 Å². The first kappa shape index (κ1) is 49.4. The van der Waals surface area contributed by atoms with Gasteiger partial charge in [0.25, 0.3) is 0 Å². The van der Waals surface area contributed by atoms with E-state index in [1.54, 1.807) is 0 Å². The van der Waals surface area contributed by atoms with Gasteiger partial charge in [-0.05, 0) is 96.9 Å². The number of benzene rings is 4. The standard InChI is InChI=1S/2C22H25.C6H18BNSi2.2ClH.Zr/c2*1-14-10-11-19(16(3)15(14)2)20-9-7-8-17-12-18(13-21(17)20)22(4,5)6;1-9(2,3)8(7)10(4,5)6;;;/h2*7-13H,1-6H3;1-6H3;2*1H;/q2*-1;;;;+4/p-2. The number of nitrogens with zero attached hydrogens (tertiary/aromatic N) is 1. The molecular formula is C50H68BCl2NSi2Zr. The summed E-state index contributed by atoms with van der Waals surface area (Å²) >= 11 is -0.826. The predicted octanol–water partition coefficient (Wildman–Crippen LogP) is 16.3. The van der Waals surface area contributed by atoms with Crippen LogP contribution in [0.25, 0.3) is 43.8 Å². The second-order valence-electron chi connectivity index (χ2n) is 19.7. The van der Waals surface area contributed by atoms with E-state index in [-0.39, 0.29) is 10.8 Å². The van der Waals surface area contributed by atoms with Gasteiger partial charge in [0.05, 0.1) is 0 Å². The Balaban J connectivity index is 0.000000236. The second-order valence-corrected chi connectivity index (χ2v) is 33.6. The molecule has 0 saturated heterocycles. The molecule has 6 rings (SSSR count). The zero-order valence-corrected chi connectivity index (χ0v) is 44.3. The minimum absolute atomic E-state index is 0.189. The fourth-order valence-electron chi connectivity index (χ4n) is 7.31. The number of hydrogen-bond acceptors (Lipinski definition) is 1. The molecule has 0 spiro atoms. The van der Waals surface area contributed by atoms with Gasteiger partial charge in [0.1, 0.15) is 16.5 Å². The van der Waals surface area contributed by atoms with Gasteiger partial charge in [-0.3, -0.25) is 0 Å². The van der Waals surface area contributed by atoms with Crippen molar-refractivity contribution >= 4 is 63.0 Å². The van der Waals surface area contributed by atoms with Crippen LogP contribution in [0, 0.1) is 41.5 Å². The van der Waals surface area contributed by atoms with Crippen LogP contribution in [0.15, 0.2) is 84.9 Å². The normalized spacial score (nSPS) is 12.0. The summed E-state index contributed by atoms with van der Waals surface area (Å²) in [6.45, 7) is 40.7. The molecule has 0 heterocycles. The third kappa shape index (κ3) is 12.5. The van der Waals surface area contributed by atoms with Crippen LogP contribution in [0.1, 0.15) is 86.1 Å². The van der Waals surface area contributed by atoms with Crippen LogP contribution < -0.4 is 0 Å². The topological polar surface area (TPSA) is 3.24 Å². The van der Waals surface area contributed by atoms with Crippen molar-refractivity contribution in [3.63, 3.8) is 0 Å². The Morgan fingerprint density at radius 2 is 0.825 bits per heavy atom. The number of halogens is 2. The first-order valence-corrected chi connectivity index (χ1v) is 33.4. The number of hydrogen-bond donors (Lipinski definition) is 0. The molecule has 2 radical (unpaired) electrons. The molecule has 0 aliphatic heterocycles. The maximum absolute atomic E-state index is 5.98. The summed E-state index contributed by atoms with van der Waals surface area (Å²) in [5.74, 6) is 0. The molecule has 6 aromatic carbocycles. The van der Waals surface area contributed by atoms with Crippen molar-refractivity contribution in [1.82, 2.24) is 4.14 Å². The molecule has 7 heteroatoms. The Kier molecular flexibility index (Phi) is 17.0. The van der Waals surface area contributed by atoms with Gasteiger partial charge in [0, 0.05) is 0 Å². The Morgan fingerprint density at radius 1 is 0.509 bits per heavy atom. The quantitative estimate of drug-likeness (QED) is 0.126. The predicted molar refractivity (Wildman–Crippen MR) is 262 cm³/mol. The van der Waals surface area contributed by atoms with Gasteiger partial charge in [0.2, 0.25) is 0 Å². The first-order chi connectivity index (χ1) is 26.1. The van der Waals surface area contributed by atoms with E-state index in [1.807, 2.05) is 0 Å². The molecule has 0 bridgehead atoms. The SMILES string of the molecule is Cc1ccc(-c2cccc3[cH-]c(C(C)(C)C)cc23)c(C)c1C.Cc1ccc(-c2cccc3[cH-]c(C(C)(C)C)cc23)c(C)c1C.[B]N([Si](C)(C)C)[Si](C)(C)C.[Cl][Zr+2][Cl]. The van der Waals surface area contributed by atoms with Crippen LogP contribution in [-0.2, 0) is 31.7 Å². The van der Waals surface area contributed by atoms with Gasteiger partial charge in [-0.25, -0.2) is 0 Å². The molecule has 0 fully saturated rings. The van der Waals surface area contributed by atoms with E-state index in [4.69, 9.17) is 25.0 Å². The molecule has 57 heavy (non-hydrogen) atoms. The van der Waals surface area contributed by atoms with Crippen molar-refractivity contribution in [1.29, 1.82) is 0 Å². The third-order valence-corrected chi connectivity index (χ3v) is 18.3. The van der Waals surface area contributed by atoms with Gasteiger partial charge in [-0.1, -0.05) is 128 Å². The van der Waals surface area contributed by atoms with Gasteiger partial charge < -0.3 is 4.14 Å². The summed E-state index contributed by atoms with van der Waals surface area (Å²) in [7, 11) is 13.4. The van der Waals surface area contributed by atoms with Crippen LogP contribution in [0.2, 0.25) is 39.3 Å². The molecule has 0 aliphatic carbocycles. The number of rotatable bonds is 4. The summed E-state index contributed by atoms with van der Waals surface area (Å²) in [5.41, 5.74) is 17.0. The van der Waals surface area contributed by atoms with Gasteiger partial charge in [-0.15, -0.1) is 69.1 Å². The molecule has 0 aliphatic rings. The Morgan fingerprint density at radius 3 is 1.09 bits per heavy atom. The van der Waals surface area contributed by atoms with Crippen LogP contribution >= 0.6 is 17.0 Å². The zero-order chi connectivity index (χ0) is 43.4. The first-order valence-electron chi connectivity index (χ1n) is 20.2. The van der Waals surface area contributed by atoms with Crippen molar-refractivity contribution in [2.45, 2.75) is 133 Å². The van der Waals surface area contributed by atoms with Crippen molar-refractivity contribution in [2.24, 2.45) is 0 Å². The molecule has 302 valence electrons. The number of aryl methyl sites for hydroxylation is 2. The van der Waals surface area contributed by atoms with Crippen LogP contribution in [0.5, 0.6) is 0 Å². The van der Waals surface area contributed by atoms with Crippen LogP contribution in [0.3, 0.4) is 0 Å². The molecule has 1 nitrogen and oxygen atoms in total. The molecule has 0 aromatic heterocycles. The average Bonchev–Trinajstić information content (AvgIpc) is 3.76. The summed E-state index contributed by atoms with van der Waals surface area (Å²) in [5, 5.41) is 5.44. The minimum atomic E-state index is -1.22. The maximum atomic E-state index is 5.98. The van der Waals surface area contributed by atoms with E-state index in [2.05, 4.69) is 211 Å². The summed E-state index contributed by atoms with van der Waals surface area (Å²) in [6, 6.07) is 31.8. The zero-order valence-electron chi connectivity index (χ0n) is 38.4. The molecule has 0 N–H and O–H groups in total. The molecule has 0 saturated carbocycles. The van der Waals surface area contributed by atoms with Crippen LogP contribution in [-0.4, -0.2) is 28.6 Å². The van der Waals surface area contributed by atoms with Gasteiger partial charge >= 0.3 is 37.9 Å². The molecule has 6 aromatic rings. The van der Waals surface area contributed by atoms with E-state index in [0.29, 0.717) is 0 Å². The molecular weight excluding hydrogens is 844 g/mol. The van der Waals surface area contributed by atoms with Crippen LogP contribution in [0.4, 0.5) is 0 Å². The van der Waals surface area contributed by atoms with Gasteiger partial charge in [0.15, 0.2) is 7.98 Å². The Labute approximate surface area is 370 Å². The monoisotopic (exact) mass is 909 g/mol. The molecule has 0 unspecified atom stereocenters. The van der Waals surface area contributed by atoms with Crippen molar-refractivity contribution in [2.75, 3.05) is 0 Å². The average molecular weight is 912 g/mol. The van der Waals surface area contributed by atoms with E-state index >= 15 is 0 Å². The second kappa shape index (κ2) is 19.6. The fraction of sp³-hybridized carbons (Fsp3) is 0.400. The summed E-state index contributed by atoms with van der Waals surface area (Å²) in [4.78, 5) is 0. The van der Waals surface area contributed by atoms with E-state index in [1.165, 1.54) is 88.3 Å². The summed E-state index contributed by atoms with van der Waals surface area (Å²) < 4.78 is 2.15. The van der Waals surface area contributed by atoms with E-state index in [0.717, 1.165) is 0 Å². The van der Waals surface area contributed by atoms with E-state index < -0.39 is 37.3 Å². The Hall–Kier alpha value is -1.98. The molecule has 0 amide bonds. The summed E-state index contributed by atoms with van der Waals surface area (Å²) in [6.07, 6.45) is 0. The molecule has 0 atom stereocenters. The van der Waals surface area contributed by atoms with E-state index in [9.17, 15) is 0 Å². The fourth-order valence-corrected chi connectivity index (χ4v) is 15.4. The Bertz CT molecular complexity index is 2110. The van der Waals surface area contributed by atoms with Crippen molar-refractivity contribution < 1.29 is 20.8 Å². The van der Waals surface area contributed by atoms with Crippen molar-refractivity contribution in [3.05, 3.63) is 129 Å². The third-order valence-electron chi connectivity index (χ3n) is 11.4. The number of fused-ring (bicyclic) bond motifs is 2.